The van der Waals surface area contributed by atoms with E-state index in [9.17, 15) is 19.8 Å². The second-order valence-corrected chi connectivity index (χ2v) is 13.1. The van der Waals surface area contributed by atoms with Crippen molar-refractivity contribution >= 4 is 11.9 Å². The summed E-state index contributed by atoms with van der Waals surface area (Å²) in [6, 6.07) is 12.6. The quantitative estimate of drug-likeness (QED) is 0.414. The van der Waals surface area contributed by atoms with Crippen molar-refractivity contribution in [1.29, 1.82) is 0 Å². The molecule has 2 aromatic rings. The van der Waals surface area contributed by atoms with Crippen molar-refractivity contribution in [3.8, 4) is 17.2 Å². The van der Waals surface area contributed by atoms with Gasteiger partial charge in [-0.2, -0.15) is 0 Å². The number of methoxy groups -OCH3 is 2. The van der Waals surface area contributed by atoms with Gasteiger partial charge in [0.2, 0.25) is 5.91 Å². The van der Waals surface area contributed by atoms with Crippen LogP contribution in [0.5, 0.6) is 17.2 Å². The van der Waals surface area contributed by atoms with Gasteiger partial charge in [-0.3, -0.25) is 4.79 Å². The number of rotatable bonds is 6. The molecule has 0 spiro atoms. The maximum absolute atomic E-state index is 14.4. The summed E-state index contributed by atoms with van der Waals surface area (Å²) in [7, 11) is 3.20. The van der Waals surface area contributed by atoms with Crippen LogP contribution in [0.3, 0.4) is 0 Å². The number of amides is 1. The Morgan fingerprint density at radius 2 is 1.66 bits per heavy atom. The van der Waals surface area contributed by atoms with Crippen molar-refractivity contribution in [2.24, 2.45) is 11.8 Å². The Hall–Kier alpha value is -3.34. The van der Waals surface area contributed by atoms with E-state index in [-0.39, 0.29) is 38.1 Å². The highest BCUT2D eigenvalue weighted by molar-refractivity contribution is 5.86. The van der Waals surface area contributed by atoms with Gasteiger partial charge in [0.25, 0.3) is 0 Å². The van der Waals surface area contributed by atoms with Crippen molar-refractivity contribution in [2.45, 2.75) is 95.0 Å². The highest BCUT2D eigenvalue weighted by atomic mass is 16.5. The predicted octanol–water partition coefficient (Wildman–Crippen LogP) is 5.02. The van der Waals surface area contributed by atoms with Crippen LogP contribution in [0, 0.1) is 11.8 Å². The number of piperidine rings is 1. The SMILES string of the molecule is COc1ccc(CC[C@H]2OC(=O)[C@@H]3CCCCN3C(=O)[C@@H](C3CCCCC3)CC(O)C(O)COCCOc3cccc2c3)cc1OC. The zero-order chi connectivity index (χ0) is 33.2. The first-order chi connectivity index (χ1) is 22.9. The normalized spacial score (nSPS) is 27.1. The average Bonchev–Trinajstić information content (AvgIpc) is 3.11. The van der Waals surface area contributed by atoms with Gasteiger partial charge in [-0.15, -0.1) is 0 Å². The fourth-order valence-electron chi connectivity index (χ4n) is 7.29. The van der Waals surface area contributed by atoms with Crippen molar-refractivity contribution in [3.05, 3.63) is 53.6 Å². The first kappa shape index (κ1) is 35.0. The number of aliphatic hydroxyl groups excluding tert-OH is 2. The molecule has 10 heteroatoms. The molecular weight excluding hydrogens is 602 g/mol. The summed E-state index contributed by atoms with van der Waals surface area (Å²) < 4.78 is 28.9. The minimum atomic E-state index is -1.13. The minimum Gasteiger partial charge on any atom is -0.493 e. The maximum Gasteiger partial charge on any atom is 0.329 e. The summed E-state index contributed by atoms with van der Waals surface area (Å²) in [5.74, 6) is 0.934. The summed E-state index contributed by atoms with van der Waals surface area (Å²) in [5, 5.41) is 21.8. The van der Waals surface area contributed by atoms with Gasteiger partial charge in [-0.25, -0.2) is 4.79 Å². The summed E-state index contributed by atoms with van der Waals surface area (Å²) in [5.41, 5.74) is 1.80. The van der Waals surface area contributed by atoms with Gasteiger partial charge in [-0.05, 0) is 92.7 Å². The lowest BCUT2D eigenvalue weighted by molar-refractivity contribution is -0.164. The van der Waals surface area contributed by atoms with Gasteiger partial charge >= 0.3 is 5.97 Å². The van der Waals surface area contributed by atoms with Gasteiger partial charge in [0.1, 0.15) is 30.6 Å². The molecule has 2 bridgehead atoms. The molecule has 2 aromatic carbocycles. The highest BCUT2D eigenvalue weighted by Gasteiger charge is 2.41. The molecular formula is C37H51NO9. The van der Waals surface area contributed by atoms with Gasteiger partial charge in [0, 0.05) is 12.5 Å². The summed E-state index contributed by atoms with van der Waals surface area (Å²) >= 11 is 0. The molecule has 5 atom stereocenters. The van der Waals surface area contributed by atoms with Crippen molar-refractivity contribution < 1.29 is 43.5 Å². The Kier molecular flexibility index (Phi) is 12.8. The van der Waals surface area contributed by atoms with E-state index in [1.165, 1.54) is 0 Å². The smallest absolute Gasteiger partial charge is 0.329 e. The second-order valence-electron chi connectivity index (χ2n) is 13.1. The monoisotopic (exact) mass is 653 g/mol. The molecule has 1 aliphatic carbocycles. The summed E-state index contributed by atoms with van der Waals surface area (Å²) in [4.78, 5) is 30.2. The lowest BCUT2D eigenvalue weighted by Gasteiger charge is -2.40. The molecule has 2 unspecified atom stereocenters. The number of aryl methyl sites for hydroxylation is 1. The van der Waals surface area contributed by atoms with E-state index in [1.807, 2.05) is 42.5 Å². The number of hydrogen-bond donors (Lipinski definition) is 2. The van der Waals surface area contributed by atoms with E-state index in [0.717, 1.165) is 56.1 Å². The van der Waals surface area contributed by atoms with Gasteiger partial charge in [0.05, 0.1) is 33.5 Å². The van der Waals surface area contributed by atoms with Crippen molar-refractivity contribution in [1.82, 2.24) is 4.90 Å². The predicted molar refractivity (Wildman–Crippen MR) is 176 cm³/mol. The van der Waals surface area contributed by atoms with Crippen LogP contribution in [0.2, 0.25) is 0 Å². The number of carbonyl (C=O) groups excluding carboxylic acids is 2. The van der Waals surface area contributed by atoms with Crippen molar-refractivity contribution in [2.75, 3.05) is 40.6 Å². The number of benzene rings is 2. The van der Waals surface area contributed by atoms with E-state index in [1.54, 1.807) is 19.1 Å². The number of esters is 1. The van der Waals surface area contributed by atoms with E-state index < -0.39 is 36.2 Å². The Balaban J connectivity index is 1.43. The third kappa shape index (κ3) is 9.18. The molecule has 2 fully saturated rings. The Labute approximate surface area is 278 Å². The van der Waals surface area contributed by atoms with Crippen LogP contribution in [0.25, 0.3) is 0 Å². The molecule has 2 N–H and O–H groups in total. The van der Waals surface area contributed by atoms with Crippen LogP contribution in [0.1, 0.15) is 81.4 Å². The lowest BCUT2D eigenvalue weighted by atomic mass is 9.76. The van der Waals surface area contributed by atoms with Crippen LogP contribution < -0.4 is 14.2 Å². The fraction of sp³-hybridized carbons (Fsp3) is 0.622. The second kappa shape index (κ2) is 17.2. The van der Waals surface area contributed by atoms with Crippen LogP contribution >= 0.6 is 0 Å². The zero-order valence-corrected chi connectivity index (χ0v) is 27.8. The third-order valence-corrected chi connectivity index (χ3v) is 9.95. The van der Waals surface area contributed by atoms with Gasteiger partial charge < -0.3 is 38.8 Å². The van der Waals surface area contributed by atoms with Crippen LogP contribution in [0.15, 0.2) is 42.5 Å². The summed E-state index contributed by atoms with van der Waals surface area (Å²) in [6.07, 6.45) is 5.50. The fourth-order valence-corrected chi connectivity index (χ4v) is 7.29. The van der Waals surface area contributed by atoms with E-state index >= 15 is 0 Å². The van der Waals surface area contributed by atoms with Crippen molar-refractivity contribution in [3.63, 3.8) is 0 Å². The molecule has 2 aliphatic heterocycles. The molecule has 258 valence electrons. The Bertz CT molecular complexity index is 1310. The van der Waals surface area contributed by atoms with E-state index in [4.69, 9.17) is 23.7 Å². The lowest BCUT2D eigenvalue weighted by Crippen LogP contribution is -2.52. The first-order valence-corrected chi connectivity index (χ1v) is 17.3. The van der Waals surface area contributed by atoms with Crippen LogP contribution in [-0.2, 0) is 25.5 Å². The molecule has 3 aliphatic rings. The minimum absolute atomic E-state index is 0.0625. The van der Waals surface area contributed by atoms with Gasteiger partial charge in [-0.1, -0.05) is 37.5 Å². The number of carbonyl (C=O) groups is 2. The standard InChI is InChI=1S/C37H51NO9/c1-43-34-17-15-25(21-35(34)44-2)14-16-33-27-11-8-12-28(22-27)46-20-19-45-24-32(40)31(39)23-29(26-9-4-3-5-10-26)36(41)38-18-7-6-13-30(38)37(42)47-33/h8,11-12,15,17,21-22,26,29-33,39-40H,3-7,9-10,13-14,16,18-20,23-24H2,1-2H3/t29-,30+,31?,32?,33-/m1/s1. The molecule has 1 saturated heterocycles. The maximum atomic E-state index is 14.4. The topological polar surface area (TPSA) is 124 Å². The van der Waals surface area contributed by atoms with Crippen LogP contribution in [0.4, 0.5) is 0 Å². The molecule has 0 radical (unpaired) electrons. The summed E-state index contributed by atoms with van der Waals surface area (Å²) in [6.45, 7) is 0.852. The number of aliphatic hydroxyl groups is 2. The van der Waals surface area contributed by atoms with E-state index in [0.29, 0.717) is 43.1 Å². The highest BCUT2D eigenvalue weighted by Crippen LogP contribution is 2.37. The van der Waals surface area contributed by atoms with Crippen LogP contribution in [-0.4, -0.2) is 85.8 Å². The molecule has 1 amide bonds. The molecule has 0 aromatic heterocycles. The number of ether oxygens (including phenoxy) is 5. The Morgan fingerprint density at radius 1 is 0.872 bits per heavy atom. The number of cyclic esters (lactones) is 1. The zero-order valence-electron chi connectivity index (χ0n) is 27.8. The van der Waals surface area contributed by atoms with E-state index in [2.05, 4.69) is 0 Å². The number of fused-ring (bicyclic) bond motifs is 3. The largest absolute Gasteiger partial charge is 0.493 e. The third-order valence-electron chi connectivity index (χ3n) is 9.95. The average molecular weight is 654 g/mol. The molecule has 5 rings (SSSR count). The molecule has 10 nitrogen and oxygen atoms in total. The molecule has 2 heterocycles. The Morgan fingerprint density at radius 3 is 2.45 bits per heavy atom. The van der Waals surface area contributed by atoms with Gasteiger partial charge in [0.15, 0.2) is 11.5 Å². The first-order valence-electron chi connectivity index (χ1n) is 17.3. The number of nitrogens with zero attached hydrogens (tertiary/aromatic N) is 1. The molecule has 1 saturated carbocycles. The molecule has 47 heavy (non-hydrogen) atoms. The number of hydrogen-bond acceptors (Lipinski definition) is 9.